The van der Waals surface area contributed by atoms with E-state index in [0.29, 0.717) is 28.9 Å². The Balaban J connectivity index is 2.52. The first-order valence-corrected chi connectivity index (χ1v) is 8.19. The van der Waals surface area contributed by atoms with Gasteiger partial charge in [0.1, 0.15) is 17.7 Å². The van der Waals surface area contributed by atoms with E-state index in [2.05, 4.69) is 11.9 Å². The molecule has 1 N–H and O–H groups in total. The summed E-state index contributed by atoms with van der Waals surface area (Å²) in [5, 5.41) is 4.21. The smallest absolute Gasteiger partial charge is 0.123 e. The minimum absolute atomic E-state index is 0.0138. The number of nitrogens with one attached hydrogen (secondary N) is 1. The number of allylic oxidation sites excluding steroid dienone is 5. The summed E-state index contributed by atoms with van der Waals surface area (Å²) in [7, 11) is 0. The largest absolute Gasteiger partial charge is 0.492 e. The Bertz CT molecular complexity index is 567. The van der Waals surface area contributed by atoms with Crippen LogP contribution in [0.3, 0.4) is 0 Å². The second-order valence-electron chi connectivity index (χ2n) is 5.04. The SMILES string of the molecule is C=C/C(Cl)=C\C(Cl)=C(/C)O[C@H](CC)CNCc1ccc(F)cc1. The van der Waals surface area contributed by atoms with Crippen molar-refractivity contribution in [3.05, 3.63) is 70.2 Å². The van der Waals surface area contributed by atoms with Crippen LogP contribution in [0.2, 0.25) is 0 Å². The van der Waals surface area contributed by atoms with Crippen LogP contribution in [0.5, 0.6) is 0 Å². The van der Waals surface area contributed by atoms with Gasteiger partial charge in [0.15, 0.2) is 0 Å². The molecule has 0 aromatic heterocycles. The molecular formula is C18H22Cl2FNO. The van der Waals surface area contributed by atoms with E-state index < -0.39 is 0 Å². The Kier molecular flexibility index (Phi) is 9.00. The first-order chi connectivity index (χ1) is 11.0. The van der Waals surface area contributed by atoms with Crippen molar-refractivity contribution in [2.75, 3.05) is 6.54 Å². The molecule has 0 aliphatic carbocycles. The molecule has 0 fully saturated rings. The highest BCUT2D eigenvalue weighted by molar-refractivity contribution is 6.35. The number of halogens is 3. The molecule has 23 heavy (non-hydrogen) atoms. The van der Waals surface area contributed by atoms with Crippen LogP contribution in [-0.4, -0.2) is 12.6 Å². The first-order valence-electron chi connectivity index (χ1n) is 7.44. The van der Waals surface area contributed by atoms with Crippen molar-refractivity contribution >= 4 is 23.2 Å². The topological polar surface area (TPSA) is 21.3 Å². The third-order valence-electron chi connectivity index (χ3n) is 3.21. The molecule has 2 nitrogen and oxygen atoms in total. The molecule has 0 bridgehead atoms. The molecule has 0 saturated carbocycles. The van der Waals surface area contributed by atoms with E-state index in [1.54, 1.807) is 25.1 Å². The van der Waals surface area contributed by atoms with E-state index in [9.17, 15) is 4.39 Å². The molecule has 0 saturated heterocycles. The Hall–Kier alpha value is -1.29. The van der Waals surface area contributed by atoms with Crippen LogP contribution >= 0.6 is 23.2 Å². The molecule has 0 aliphatic heterocycles. The summed E-state index contributed by atoms with van der Waals surface area (Å²) in [5.41, 5.74) is 1.02. The van der Waals surface area contributed by atoms with Gasteiger partial charge < -0.3 is 10.1 Å². The van der Waals surface area contributed by atoms with Crippen LogP contribution in [-0.2, 0) is 11.3 Å². The van der Waals surface area contributed by atoms with Crippen molar-refractivity contribution in [2.45, 2.75) is 32.9 Å². The molecule has 0 spiro atoms. The maximum Gasteiger partial charge on any atom is 0.123 e. The molecular weight excluding hydrogens is 336 g/mol. The van der Waals surface area contributed by atoms with Gasteiger partial charge in [-0.1, -0.05) is 54.9 Å². The number of hydrogen-bond donors (Lipinski definition) is 1. The molecule has 0 radical (unpaired) electrons. The summed E-state index contributed by atoms with van der Waals surface area (Å²) in [6.45, 7) is 8.72. The Morgan fingerprint density at radius 3 is 2.57 bits per heavy atom. The first kappa shape index (κ1) is 19.8. The zero-order valence-corrected chi connectivity index (χ0v) is 14.9. The summed E-state index contributed by atoms with van der Waals surface area (Å²) < 4.78 is 18.7. The Morgan fingerprint density at radius 2 is 2.00 bits per heavy atom. The fraction of sp³-hybridized carbons (Fsp3) is 0.333. The zero-order chi connectivity index (χ0) is 17.2. The molecule has 0 amide bonds. The van der Waals surface area contributed by atoms with E-state index in [1.807, 2.05) is 6.92 Å². The minimum atomic E-state index is -0.231. The fourth-order valence-electron chi connectivity index (χ4n) is 1.84. The molecule has 1 atom stereocenters. The predicted molar refractivity (Wildman–Crippen MR) is 96.0 cm³/mol. The van der Waals surface area contributed by atoms with Crippen LogP contribution in [0, 0.1) is 5.82 Å². The molecule has 1 aromatic carbocycles. The molecule has 1 rings (SSSR count). The monoisotopic (exact) mass is 357 g/mol. The van der Waals surface area contributed by atoms with Gasteiger partial charge in [-0.2, -0.15) is 0 Å². The van der Waals surface area contributed by atoms with Gasteiger partial charge in [-0.3, -0.25) is 0 Å². The quantitative estimate of drug-likeness (QED) is 0.466. The third kappa shape index (κ3) is 7.69. The van der Waals surface area contributed by atoms with Gasteiger partial charge >= 0.3 is 0 Å². The van der Waals surface area contributed by atoms with Crippen molar-refractivity contribution in [3.63, 3.8) is 0 Å². The van der Waals surface area contributed by atoms with Gasteiger partial charge in [-0.05, 0) is 37.1 Å². The van der Waals surface area contributed by atoms with Gasteiger partial charge in [0.25, 0.3) is 0 Å². The van der Waals surface area contributed by atoms with Gasteiger partial charge in [0.2, 0.25) is 0 Å². The van der Waals surface area contributed by atoms with Gasteiger partial charge in [-0.25, -0.2) is 4.39 Å². The molecule has 1 aromatic rings. The molecule has 0 heterocycles. The average molecular weight is 358 g/mol. The Labute approximate surface area is 147 Å². The summed E-state index contributed by atoms with van der Waals surface area (Å²) in [4.78, 5) is 0. The van der Waals surface area contributed by atoms with Crippen LogP contribution in [0.25, 0.3) is 0 Å². The highest BCUT2D eigenvalue weighted by Crippen LogP contribution is 2.18. The molecule has 5 heteroatoms. The van der Waals surface area contributed by atoms with Crippen molar-refractivity contribution in [3.8, 4) is 0 Å². The van der Waals surface area contributed by atoms with Crippen LogP contribution in [0.1, 0.15) is 25.8 Å². The highest BCUT2D eigenvalue weighted by Gasteiger charge is 2.09. The van der Waals surface area contributed by atoms with E-state index in [1.165, 1.54) is 18.2 Å². The number of benzene rings is 1. The Morgan fingerprint density at radius 1 is 1.35 bits per heavy atom. The van der Waals surface area contributed by atoms with Crippen molar-refractivity contribution in [1.29, 1.82) is 0 Å². The van der Waals surface area contributed by atoms with E-state index in [0.717, 1.165) is 12.0 Å². The third-order valence-corrected chi connectivity index (χ3v) is 3.85. The molecule has 126 valence electrons. The van der Waals surface area contributed by atoms with Crippen molar-refractivity contribution in [1.82, 2.24) is 5.32 Å². The summed E-state index contributed by atoms with van der Waals surface area (Å²) in [6, 6.07) is 6.42. The lowest BCUT2D eigenvalue weighted by Gasteiger charge is -2.19. The summed E-state index contributed by atoms with van der Waals surface area (Å²) >= 11 is 12.0. The van der Waals surface area contributed by atoms with Gasteiger partial charge in [-0.15, -0.1) is 0 Å². The molecule has 0 aliphatic rings. The predicted octanol–water partition coefficient (Wildman–Crippen LogP) is 5.49. The summed E-state index contributed by atoms with van der Waals surface area (Å²) in [6.07, 6.45) is 3.93. The van der Waals surface area contributed by atoms with Crippen molar-refractivity contribution < 1.29 is 9.13 Å². The average Bonchev–Trinajstić information content (AvgIpc) is 2.55. The van der Waals surface area contributed by atoms with Crippen LogP contribution in [0.4, 0.5) is 4.39 Å². The maximum atomic E-state index is 12.8. The lowest BCUT2D eigenvalue weighted by atomic mass is 10.2. The zero-order valence-electron chi connectivity index (χ0n) is 13.4. The lowest BCUT2D eigenvalue weighted by Crippen LogP contribution is -2.28. The van der Waals surface area contributed by atoms with Crippen LogP contribution < -0.4 is 5.32 Å². The standard InChI is InChI=1S/C18H22Cl2FNO/c1-4-15(19)10-18(20)13(3)23-17(5-2)12-22-11-14-6-8-16(21)9-7-14/h4,6-10,17,22H,1,5,11-12H2,2-3H3/b15-10+,18-13-/t17-/m1/s1. The maximum absolute atomic E-state index is 12.8. The van der Waals surface area contributed by atoms with E-state index in [4.69, 9.17) is 27.9 Å². The lowest BCUT2D eigenvalue weighted by molar-refractivity contribution is 0.111. The number of ether oxygens (including phenoxy) is 1. The fourth-order valence-corrected chi connectivity index (χ4v) is 2.16. The second kappa shape index (κ2) is 10.5. The highest BCUT2D eigenvalue weighted by atomic mass is 35.5. The number of hydrogen-bond acceptors (Lipinski definition) is 2. The van der Waals surface area contributed by atoms with Gasteiger partial charge in [0.05, 0.1) is 5.03 Å². The van der Waals surface area contributed by atoms with Gasteiger partial charge in [0, 0.05) is 18.1 Å². The van der Waals surface area contributed by atoms with E-state index >= 15 is 0 Å². The summed E-state index contributed by atoms with van der Waals surface area (Å²) in [5.74, 6) is 0.382. The number of rotatable bonds is 9. The second-order valence-corrected chi connectivity index (χ2v) is 5.89. The van der Waals surface area contributed by atoms with Crippen LogP contribution in [0.15, 0.2) is 58.8 Å². The van der Waals surface area contributed by atoms with E-state index in [-0.39, 0.29) is 11.9 Å². The van der Waals surface area contributed by atoms with Crippen molar-refractivity contribution in [2.24, 2.45) is 0 Å². The minimum Gasteiger partial charge on any atom is -0.492 e. The normalized spacial score (nSPS) is 14.2. The molecule has 0 unspecified atom stereocenters.